The van der Waals surface area contributed by atoms with E-state index >= 15 is 0 Å². The number of methoxy groups -OCH3 is 3. The molecule has 0 bridgehead atoms. The van der Waals surface area contributed by atoms with Gasteiger partial charge in [0.1, 0.15) is 6.54 Å². The van der Waals surface area contributed by atoms with E-state index in [4.69, 9.17) is 18.9 Å². The van der Waals surface area contributed by atoms with Gasteiger partial charge in [-0.3, -0.25) is 13.9 Å². The van der Waals surface area contributed by atoms with Crippen molar-refractivity contribution < 1.29 is 46.2 Å². The molecule has 15 heteroatoms. The number of esters is 1. The summed E-state index contributed by atoms with van der Waals surface area (Å²) in [6, 6.07) is 2.98. The van der Waals surface area contributed by atoms with Gasteiger partial charge >= 0.3 is 11.7 Å². The zero-order valence-corrected chi connectivity index (χ0v) is 24.7. The quantitative estimate of drug-likeness (QED) is 0.164. The van der Waals surface area contributed by atoms with Gasteiger partial charge in [0.2, 0.25) is 11.7 Å². The van der Waals surface area contributed by atoms with E-state index in [0.29, 0.717) is 40.9 Å². The molecule has 226 valence electrons. The molecule has 0 amide bonds. The van der Waals surface area contributed by atoms with Crippen molar-refractivity contribution in [3.8, 4) is 17.2 Å². The molecule has 0 saturated carbocycles. The third kappa shape index (κ3) is 6.29. The van der Waals surface area contributed by atoms with Crippen molar-refractivity contribution in [2.45, 2.75) is 13.0 Å². The predicted molar refractivity (Wildman–Crippen MR) is 146 cm³/mol. The second-order valence-corrected chi connectivity index (χ2v) is 9.56. The maximum Gasteiger partial charge on any atom is 0.338 e. The van der Waals surface area contributed by atoms with Gasteiger partial charge in [0.25, 0.3) is 5.56 Å². The molecule has 1 aliphatic rings. The Morgan fingerprint density at radius 3 is 2.22 bits per heavy atom. The highest BCUT2D eigenvalue weighted by atomic mass is 35.5. The molecule has 1 saturated heterocycles. The Labute approximate surface area is 243 Å². The van der Waals surface area contributed by atoms with Crippen LogP contribution < -0.4 is 47.7 Å². The molecule has 1 fully saturated rings. The number of rotatable bonds is 11. The Morgan fingerprint density at radius 2 is 1.66 bits per heavy atom. The fraction of sp³-hybridized carbons (Fsp3) is 0.538. The van der Waals surface area contributed by atoms with Gasteiger partial charge < -0.3 is 50.8 Å². The predicted octanol–water partition coefficient (Wildman–Crippen LogP) is -4.59. The van der Waals surface area contributed by atoms with Crippen molar-refractivity contribution in [3.05, 3.63) is 38.5 Å². The van der Waals surface area contributed by atoms with Crippen molar-refractivity contribution in [2.24, 2.45) is 14.1 Å². The van der Waals surface area contributed by atoms with Gasteiger partial charge in [-0.2, -0.15) is 4.98 Å². The van der Waals surface area contributed by atoms with Crippen molar-refractivity contribution in [1.82, 2.24) is 18.7 Å². The van der Waals surface area contributed by atoms with Crippen LogP contribution in [0.5, 0.6) is 17.2 Å². The molecular weight excluding hydrogens is 560 g/mol. The Morgan fingerprint density at radius 1 is 1.02 bits per heavy atom. The molecule has 0 unspecified atom stereocenters. The van der Waals surface area contributed by atoms with Crippen LogP contribution in [0, 0.1) is 0 Å². The number of aromatic nitrogens is 4. The van der Waals surface area contributed by atoms with Gasteiger partial charge in [-0.15, -0.1) is 0 Å². The first-order valence-electron chi connectivity index (χ1n) is 13.1. The lowest BCUT2D eigenvalue weighted by Gasteiger charge is -2.32. The number of quaternary nitrogens is 1. The SMILES string of the molecule is COc1cc(C(=O)OCCCn2c(=O)c3c(nc(N4CC[NH+](CCO)CC4)n3C)n(C)c2=O)cc(OC)c1OC.[Cl-]. The molecule has 3 aromatic rings. The summed E-state index contributed by atoms with van der Waals surface area (Å²) in [4.78, 5) is 47.2. The lowest BCUT2D eigenvalue weighted by molar-refractivity contribution is -0.900. The van der Waals surface area contributed by atoms with E-state index in [9.17, 15) is 19.5 Å². The van der Waals surface area contributed by atoms with Gasteiger partial charge in [0, 0.05) is 20.6 Å². The van der Waals surface area contributed by atoms with E-state index in [-0.39, 0.29) is 44.1 Å². The average molecular weight is 597 g/mol. The number of hydrogen-bond donors (Lipinski definition) is 2. The van der Waals surface area contributed by atoms with Gasteiger partial charge in [-0.05, 0) is 18.6 Å². The zero-order chi connectivity index (χ0) is 29.0. The number of halogens is 1. The number of nitrogens with zero attached hydrogens (tertiary/aromatic N) is 5. The zero-order valence-electron chi connectivity index (χ0n) is 23.9. The smallest absolute Gasteiger partial charge is 0.338 e. The largest absolute Gasteiger partial charge is 1.00 e. The van der Waals surface area contributed by atoms with E-state index in [1.165, 1.54) is 42.9 Å². The fourth-order valence-corrected chi connectivity index (χ4v) is 5.01. The lowest BCUT2D eigenvalue weighted by atomic mass is 10.2. The van der Waals surface area contributed by atoms with Crippen molar-refractivity contribution in [1.29, 1.82) is 0 Å². The fourth-order valence-electron chi connectivity index (χ4n) is 5.01. The summed E-state index contributed by atoms with van der Waals surface area (Å²) < 4.78 is 25.5. The molecular formula is C26H37ClN6O8. The topological polar surface area (TPSA) is 144 Å². The maximum atomic E-state index is 13.4. The normalized spacial score (nSPS) is 13.7. The molecule has 0 radical (unpaired) electrons. The molecule has 41 heavy (non-hydrogen) atoms. The van der Waals surface area contributed by atoms with Crippen LogP contribution in [-0.2, 0) is 25.4 Å². The third-order valence-electron chi connectivity index (χ3n) is 7.21. The highest BCUT2D eigenvalue weighted by Crippen LogP contribution is 2.38. The number of aryl methyl sites for hydroxylation is 2. The summed E-state index contributed by atoms with van der Waals surface area (Å²) in [5.41, 5.74) is -0.0697. The van der Waals surface area contributed by atoms with Crippen molar-refractivity contribution >= 4 is 23.1 Å². The van der Waals surface area contributed by atoms with Gasteiger partial charge in [0.05, 0.1) is 66.3 Å². The molecule has 1 aliphatic heterocycles. The number of benzene rings is 1. The first kappa shape index (κ1) is 31.8. The Kier molecular flexibility index (Phi) is 10.7. The third-order valence-corrected chi connectivity index (χ3v) is 7.21. The molecule has 2 aromatic heterocycles. The molecule has 0 atom stereocenters. The first-order chi connectivity index (χ1) is 19.2. The second-order valence-electron chi connectivity index (χ2n) is 9.56. The highest BCUT2D eigenvalue weighted by Gasteiger charge is 2.26. The summed E-state index contributed by atoms with van der Waals surface area (Å²) in [5, 5.41) is 9.21. The van der Waals surface area contributed by atoms with Crippen LogP contribution in [0.15, 0.2) is 21.7 Å². The summed E-state index contributed by atoms with van der Waals surface area (Å²) in [5.74, 6) is 1.02. The highest BCUT2D eigenvalue weighted by molar-refractivity contribution is 5.91. The van der Waals surface area contributed by atoms with Gasteiger partial charge in [-0.25, -0.2) is 9.59 Å². The number of carbonyl (C=O) groups excluding carboxylic acids is 1. The van der Waals surface area contributed by atoms with Crippen LogP contribution in [0.1, 0.15) is 16.8 Å². The molecule has 4 rings (SSSR count). The molecule has 3 heterocycles. The molecule has 1 aromatic carbocycles. The van der Waals surface area contributed by atoms with E-state index in [1.54, 1.807) is 18.7 Å². The molecule has 2 N–H and O–H groups in total. The summed E-state index contributed by atoms with van der Waals surface area (Å²) in [7, 11) is 7.73. The molecule has 0 aliphatic carbocycles. The number of aliphatic hydroxyl groups excluding tert-OH is 1. The minimum Gasteiger partial charge on any atom is -1.00 e. The number of fused-ring (bicyclic) bond motifs is 1. The lowest BCUT2D eigenvalue weighted by Crippen LogP contribution is -3.15. The average Bonchev–Trinajstić information content (AvgIpc) is 3.32. The summed E-state index contributed by atoms with van der Waals surface area (Å²) >= 11 is 0. The number of hydrogen-bond acceptors (Lipinski definition) is 10. The van der Waals surface area contributed by atoms with Crippen LogP contribution in [0.3, 0.4) is 0 Å². The van der Waals surface area contributed by atoms with Crippen molar-refractivity contribution in [3.63, 3.8) is 0 Å². The minimum absolute atomic E-state index is 0. The monoisotopic (exact) mass is 596 g/mol. The maximum absolute atomic E-state index is 13.4. The number of ether oxygens (including phenoxy) is 4. The standard InChI is InChI=1S/C26H36N6O8.ClH/c1-28-20-22(27-25(28)31-10-8-30(9-11-31)12-13-33)29(2)26(36)32(23(20)34)7-6-14-40-24(35)17-15-18(37-3)21(39-5)19(16-17)38-4;/h15-16,33H,6-14H2,1-5H3;1H. The number of piperazine rings is 1. The van der Waals surface area contributed by atoms with Gasteiger partial charge in [-0.1, -0.05) is 0 Å². The number of anilines is 1. The van der Waals surface area contributed by atoms with E-state index in [1.807, 2.05) is 0 Å². The number of aliphatic hydroxyl groups is 1. The van der Waals surface area contributed by atoms with E-state index in [2.05, 4.69) is 9.88 Å². The summed E-state index contributed by atoms with van der Waals surface area (Å²) in [6.45, 7) is 4.05. The van der Waals surface area contributed by atoms with E-state index in [0.717, 1.165) is 30.7 Å². The molecule has 0 spiro atoms. The number of carbonyl (C=O) groups is 1. The van der Waals surface area contributed by atoms with Crippen molar-refractivity contribution in [2.75, 3.05) is 72.2 Å². The Hall–Kier alpha value is -3.75. The van der Waals surface area contributed by atoms with Crippen LogP contribution >= 0.6 is 0 Å². The van der Waals surface area contributed by atoms with Gasteiger partial charge in [0.15, 0.2) is 22.7 Å². The number of nitrogens with one attached hydrogen (secondary N) is 1. The number of imidazole rings is 1. The Balaban J connectivity index is 0.00000462. The minimum atomic E-state index is -0.604. The molecule has 14 nitrogen and oxygen atoms in total. The van der Waals surface area contributed by atoms with Crippen LogP contribution in [-0.4, -0.2) is 97.0 Å². The van der Waals surface area contributed by atoms with Crippen LogP contribution in [0.4, 0.5) is 5.95 Å². The Bertz CT molecular complexity index is 1470. The van der Waals surface area contributed by atoms with E-state index < -0.39 is 17.2 Å². The first-order valence-corrected chi connectivity index (χ1v) is 13.1. The van der Waals surface area contributed by atoms with Crippen LogP contribution in [0.2, 0.25) is 0 Å². The van der Waals surface area contributed by atoms with Crippen LogP contribution in [0.25, 0.3) is 11.2 Å². The second kappa shape index (κ2) is 13.7. The summed E-state index contributed by atoms with van der Waals surface area (Å²) in [6.07, 6.45) is 0.247.